The number of benzene rings is 1. The van der Waals surface area contributed by atoms with Gasteiger partial charge in [-0.3, -0.25) is 9.59 Å². The fourth-order valence-corrected chi connectivity index (χ4v) is 4.47. The van der Waals surface area contributed by atoms with Crippen molar-refractivity contribution in [3.63, 3.8) is 0 Å². The molecule has 2 unspecified atom stereocenters. The van der Waals surface area contributed by atoms with E-state index in [0.717, 1.165) is 23.7 Å². The number of nitrogens with zero attached hydrogens (tertiary/aromatic N) is 1. The number of hydrogen-bond donors (Lipinski definition) is 2. The fraction of sp³-hybridized carbons (Fsp3) is 0.524. The second kappa shape index (κ2) is 7.14. The molecule has 1 heterocycles. The molecule has 5 nitrogen and oxygen atoms in total. The largest absolute Gasteiger partial charge is 0.360 e. The highest BCUT2D eigenvalue weighted by Crippen LogP contribution is 2.38. The number of carbonyl (C=O) groups excluding carboxylic acids is 2. The summed E-state index contributed by atoms with van der Waals surface area (Å²) in [5.74, 6) is 0.375. The Balaban J connectivity index is 1.61. The summed E-state index contributed by atoms with van der Waals surface area (Å²) in [5.41, 5.74) is 1.77. The third-order valence-electron chi connectivity index (χ3n) is 5.30. The maximum absolute atomic E-state index is 12.7. The zero-order valence-electron chi connectivity index (χ0n) is 16.1. The van der Waals surface area contributed by atoms with Crippen molar-refractivity contribution in [2.45, 2.75) is 46.1 Å². The van der Waals surface area contributed by atoms with Gasteiger partial charge in [0.2, 0.25) is 5.91 Å². The minimum absolute atomic E-state index is 0.0731. The monoisotopic (exact) mass is 355 g/mol. The second-order valence-electron chi connectivity index (χ2n) is 8.59. The molecule has 3 rings (SSSR count). The van der Waals surface area contributed by atoms with Gasteiger partial charge in [-0.2, -0.15) is 0 Å². The highest BCUT2D eigenvalue weighted by atomic mass is 16.2. The van der Waals surface area contributed by atoms with Crippen LogP contribution in [0.2, 0.25) is 0 Å². The number of likely N-dealkylation sites (N-methyl/N-ethyl adjacent to an activating group) is 1. The molecule has 1 aliphatic carbocycles. The number of amides is 2. The summed E-state index contributed by atoms with van der Waals surface area (Å²) in [6.45, 7) is 6.83. The van der Waals surface area contributed by atoms with E-state index >= 15 is 0 Å². The summed E-state index contributed by atoms with van der Waals surface area (Å²) < 4.78 is 0. The summed E-state index contributed by atoms with van der Waals surface area (Å²) in [6.07, 6.45) is 4.91. The zero-order valence-corrected chi connectivity index (χ0v) is 16.1. The van der Waals surface area contributed by atoms with E-state index < -0.39 is 0 Å². The summed E-state index contributed by atoms with van der Waals surface area (Å²) in [6, 6.07) is 7.88. The highest BCUT2D eigenvalue weighted by molar-refractivity contribution is 6.07. The molecule has 0 bridgehead atoms. The van der Waals surface area contributed by atoms with Crippen LogP contribution in [0.5, 0.6) is 0 Å². The van der Waals surface area contributed by atoms with Gasteiger partial charge in [0.25, 0.3) is 5.91 Å². The molecule has 1 aromatic carbocycles. The molecular weight excluding hydrogens is 326 g/mol. The molecule has 2 amide bonds. The van der Waals surface area contributed by atoms with Crippen LogP contribution in [0.1, 0.15) is 50.4 Å². The Bertz CT molecular complexity index is 808. The molecule has 0 saturated heterocycles. The average Bonchev–Trinajstić information content (AvgIpc) is 2.95. The summed E-state index contributed by atoms with van der Waals surface area (Å²) in [7, 11) is 1.68. The van der Waals surface area contributed by atoms with Crippen LogP contribution in [-0.2, 0) is 4.79 Å². The lowest BCUT2D eigenvalue weighted by Gasteiger charge is -2.39. The van der Waals surface area contributed by atoms with Gasteiger partial charge >= 0.3 is 0 Å². The molecule has 1 saturated carbocycles. The van der Waals surface area contributed by atoms with Crippen molar-refractivity contribution in [1.29, 1.82) is 0 Å². The van der Waals surface area contributed by atoms with Gasteiger partial charge in [0.1, 0.15) is 0 Å². The van der Waals surface area contributed by atoms with Crippen molar-refractivity contribution in [2.24, 2.45) is 11.3 Å². The van der Waals surface area contributed by atoms with Crippen molar-refractivity contribution in [3.05, 3.63) is 36.0 Å². The van der Waals surface area contributed by atoms with Crippen LogP contribution in [0.15, 0.2) is 30.5 Å². The minimum atomic E-state index is -0.144. The third-order valence-corrected chi connectivity index (χ3v) is 5.30. The van der Waals surface area contributed by atoms with E-state index in [4.69, 9.17) is 0 Å². The molecule has 2 atom stereocenters. The predicted octanol–water partition coefficient (Wildman–Crippen LogP) is 3.57. The van der Waals surface area contributed by atoms with Crippen LogP contribution in [0.25, 0.3) is 10.9 Å². The van der Waals surface area contributed by atoms with Crippen LogP contribution in [0.3, 0.4) is 0 Å². The number of hydrogen-bond acceptors (Lipinski definition) is 2. The molecule has 0 aliphatic heterocycles. The first-order valence-electron chi connectivity index (χ1n) is 9.36. The van der Waals surface area contributed by atoms with Gasteiger partial charge in [-0.05, 0) is 36.7 Å². The first kappa shape index (κ1) is 18.5. The van der Waals surface area contributed by atoms with Gasteiger partial charge in [0, 0.05) is 30.2 Å². The highest BCUT2D eigenvalue weighted by Gasteiger charge is 2.32. The van der Waals surface area contributed by atoms with Crippen LogP contribution in [0, 0.1) is 11.3 Å². The van der Waals surface area contributed by atoms with E-state index in [2.05, 4.69) is 31.1 Å². The molecule has 2 aromatic rings. The molecule has 140 valence electrons. The van der Waals surface area contributed by atoms with E-state index in [1.165, 1.54) is 11.3 Å². The number of rotatable bonds is 4. The van der Waals surface area contributed by atoms with E-state index in [0.29, 0.717) is 11.5 Å². The Labute approximate surface area is 155 Å². The standard InChI is InChI=1S/C21H29N3O2/c1-14-9-15(11-21(2,3)10-14)23-19(25)13-24(4)20(26)17-12-22-18-8-6-5-7-16(17)18/h5-8,12,14-15,22H,9-11,13H2,1-4H3,(H,23,25). The fourth-order valence-electron chi connectivity index (χ4n) is 4.47. The lowest BCUT2D eigenvalue weighted by Crippen LogP contribution is -2.46. The smallest absolute Gasteiger partial charge is 0.256 e. The predicted molar refractivity (Wildman–Crippen MR) is 104 cm³/mol. The summed E-state index contributed by atoms with van der Waals surface area (Å²) >= 11 is 0. The lowest BCUT2D eigenvalue weighted by molar-refractivity contribution is -0.122. The SMILES string of the molecule is CC1CC(NC(=O)CN(C)C(=O)c2c[nH]c3ccccc23)CC(C)(C)C1. The van der Waals surface area contributed by atoms with Gasteiger partial charge in [0.05, 0.1) is 12.1 Å². The molecule has 1 fully saturated rings. The van der Waals surface area contributed by atoms with E-state index in [1.807, 2.05) is 24.3 Å². The number of H-pyrrole nitrogens is 1. The topological polar surface area (TPSA) is 65.2 Å². The van der Waals surface area contributed by atoms with E-state index in [9.17, 15) is 9.59 Å². The number of carbonyl (C=O) groups is 2. The van der Waals surface area contributed by atoms with Gasteiger partial charge in [-0.15, -0.1) is 0 Å². The Hall–Kier alpha value is -2.30. The first-order chi connectivity index (χ1) is 12.2. The van der Waals surface area contributed by atoms with Crippen LogP contribution < -0.4 is 5.32 Å². The molecule has 2 N–H and O–H groups in total. The summed E-state index contributed by atoms with van der Waals surface area (Å²) in [5, 5.41) is 4.01. The Morgan fingerprint density at radius 2 is 2.00 bits per heavy atom. The average molecular weight is 355 g/mol. The number of aromatic nitrogens is 1. The normalized spacial score (nSPS) is 22.2. The van der Waals surface area contributed by atoms with Crippen molar-refractivity contribution in [3.8, 4) is 0 Å². The van der Waals surface area contributed by atoms with Crippen molar-refractivity contribution in [2.75, 3.05) is 13.6 Å². The number of fused-ring (bicyclic) bond motifs is 1. The third kappa shape index (κ3) is 4.09. The number of nitrogens with one attached hydrogen (secondary N) is 2. The lowest BCUT2D eigenvalue weighted by atomic mass is 9.70. The maximum Gasteiger partial charge on any atom is 0.256 e. The molecule has 1 aliphatic rings. The van der Waals surface area contributed by atoms with E-state index in [-0.39, 0.29) is 29.8 Å². The molecule has 0 spiro atoms. The van der Waals surface area contributed by atoms with Crippen LogP contribution in [0.4, 0.5) is 0 Å². The Morgan fingerprint density at radius 1 is 1.27 bits per heavy atom. The van der Waals surface area contributed by atoms with Gasteiger partial charge in [-0.1, -0.05) is 39.0 Å². The number of aromatic amines is 1. The van der Waals surface area contributed by atoms with Crippen molar-refractivity contribution < 1.29 is 9.59 Å². The summed E-state index contributed by atoms with van der Waals surface area (Å²) in [4.78, 5) is 29.8. The molecule has 5 heteroatoms. The van der Waals surface area contributed by atoms with Crippen LogP contribution >= 0.6 is 0 Å². The van der Waals surface area contributed by atoms with Gasteiger partial charge in [-0.25, -0.2) is 0 Å². The quantitative estimate of drug-likeness (QED) is 0.880. The Kier molecular flexibility index (Phi) is 5.08. The second-order valence-corrected chi connectivity index (χ2v) is 8.59. The Morgan fingerprint density at radius 3 is 2.73 bits per heavy atom. The van der Waals surface area contributed by atoms with Crippen molar-refractivity contribution in [1.82, 2.24) is 15.2 Å². The zero-order chi connectivity index (χ0) is 18.9. The molecular formula is C21H29N3O2. The first-order valence-corrected chi connectivity index (χ1v) is 9.36. The number of para-hydroxylation sites is 1. The molecule has 26 heavy (non-hydrogen) atoms. The van der Waals surface area contributed by atoms with E-state index in [1.54, 1.807) is 13.2 Å². The maximum atomic E-state index is 12.7. The van der Waals surface area contributed by atoms with Gasteiger partial charge in [0.15, 0.2) is 0 Å². The molecule has 0 radical (unpaired) electrons. The van der Waals surface area contributed by atoms with Crippen LogP contribution in [-0.4, -0.2) is 41.3 Å². The van der Waals surface area contributed by atoms with Gasteiger partial charge < -0.3 is 15.2 Å². The minimum Gasteiger partial charge on any atom is -0.360 e. The van der Waals surface area contributed by atoms with Crippen molar-refractivity contribution >= 4 is 22.7 Å². The molecule has 1 aromatic heterocycles.